The highest BCUT2D eigenvalue weighted by Crippen LogP contribution is 2.28. The molecule has 0 saturated heterocycles. The first-order valence-corrected chi connectivity index (χ1v) is 6.49. The highest BCUT2D eigenvalue weighted by atomic mass is 16.5. The minimum Gasteiger partial charge on any atom is -0.497 e. The van der Waals surface area contributed by atoms with Crippen molar-refractivity contribution in [2.24, 2.45) is 5.73 Å². The molecule has 0 aliphatic rings. The summed E-state index contributed by atoms with van der Waals surface area (Å²) in [6.45, 7) is 0. The van der Waals surface area contributed by atoms with E-state index >= 15 is 0 Å². The number of nitrogens with one attached hydrogen (secondary N) is 1. The molecule has 1 amide bonds. The zero-order chi connectivity index (χ0) is 15.2. The van der Waals surface area contributed by atoms with E-state index in [0.717, 1.165) is 16.9 Å². The minimum atomic E-state index is -0.528. The fourth-order valence-corrected chi connectivity index (χ4v) is 2.06. The summed E-state index contributed by atoms with van der Waals surface area (Å²) in [6.07, 6.45) is -0.528. The van der Waals surface area contributed by atoms with Gasteiger partial charge in [-0.15, -0.1) is 0 Å². The van der Waals surface area contributed by atoms with Gasteiger partial charge in [0.1, 0.15) is 5.75 Å². The monoisotopic (exact) mass is 286 g/mol. The van der Waals surface area contributed by atoms with Gasteiger partial charge in [0, 0.05) is 5.69 Å². The lowest BCUT2D eigenvalue weighted by atomic mass is 9.98. The average Bonchev–Trinajstić information content (AvgIpc) is 2.54. The molecule has 0 heterocycles. The first kappa shape index (κ1) is 14.9. The molecule has 0 spiro atoms. The Morgan fingerprint density at radius 2 is 1.90 bits per heavy atom. The quantitative estimate of drug-likeness (QED) is 0.906. The summed E-state index contributed by atoms with van der Waals surface area (Å²) in [6, 6.07) is 14.5. The Morgan fingerprint density at radius 3 is 2.62 bits per heavy atom. The Morgan fingerprint density at radius 1 is 1.14 bits per heavy atom. The molecular weight excluding hydrogens is 268 g/mol. The van der Waals surface area contributed by atoms with Crippen LogP contribution in [0.2, 0.25) is 0 Å². The van der Waals surface area contributed by atoms with Crippen molar-refractivity contribution in [3.63, 3.8) is 0 Å². The molecule has 1 unspecified atom stereocenters. The van der Waals surface area contributed by atoms with Crippen molar-refractivity contribution in [2.45, 2.75) is 6.04 Å². The summed E-state index contributed by atoms with van der Waals surface area (Å²) < 4.78 is 9.83. The maximum atomic E-state index is 11.4. The summed E-state index contributed by atoms with van der Waals surface area (Å²) in [5.74, 6) is 0.737. The predicted octanol–water partition coefficient (Wildman–Crippen LogP) is 2.92. The molecule has 0 aliphatic carbocycles. The summed E-state index contributed by atoms with van der Waals surface area (Å²) in [7, 11) is 2.93. The van der Waals surface area contributed by atoms with Gasteiger partial charge in [-0.25, -0.2) is 4.79 Å². The molecule has 0 bridgehead atoms. The van der Waals surface area contributed by atoms with Crippen molar-refractivity contribution in [3.8, 4) is 5.75 Å². The van der Waals surface area contributed by atoms with E-state index in [-0.39, 0.29) is 6.04 Å². The molecule has 3 N–H and O–H groups in total. The molecule has 0 fully saturated rings. The molecule has 0 aliphatic heterocycles. The molecule has 2 rings (SSSR count). The number of para-hydroxylation sites is 1. The molecule has 21 heavy (non-hydrogen) atoms. The van der Waals surface area contributed by atoms with Gasteiger partial charge in [-0.05, 0) is 29.3 Å². The molecule has 2 aromatic carbocycles. The van der Waals surface area contributed by atoms with Crippen LogP contribution in [0, 0.1) is 0 Å². The van der Waals surface area contributed by atoms with Crippen molar-refractivity contribution in [3.05, 3.63) is 59.7 Å². The van der Waals surface area contributed by atoms with Gasteiger partial charge in [-0.3, -0.25) is 5.32 Å². The number of carbonyl (C=O) groups excluding carboxylic acids is 1. The molecular formula is C16H18N2O3. The Hall–Kier alpha value is -2.53. The number of rotatable bonds is 4. The van der Waals surface area contributed by atoms with Crippen molar-refractivity contribution >= 4 is 11.8 Å². The summed E-state index contributed by atoms with van der Waals surface area (Å²) in [4.78, 5) is 11.4. The van der Waals surface area contributed by atoms with Crippen LogP contribution in [-0.2, 0) is 4.74 Å². The molecule has 0 radical (unpaired) electrons. The van der Waals surface area contributed by atoms with Gasteiger partial charge in [0.2, 0.25) is 0 Å². The van der Waals surface area contributed by atoms with Gasteiger partial charge in [0.15, 0.2) is 0 Å². The van der Waals surface area contributed by atoms with Crippen LogP contribution < -0.4 is 15.8 Å². The fraction of sp³-hybridized carbons (Fsp3) is 0.188. The van der Waals surface area contributed by atoms with E-state index < -0.39 is 6.09 Å². The van der Waals surface area contributed by atoms with Crippen LogP contribution in [0.4, 0.5) is 10.5 Å². The standard InChI is InChI=1S/C16H18N2O3/c1-20-12-7-5-6-11(10-12)15(17)13-8-3-4-9-14(13)18-16(19)21-2/h3-10,15H,17H2,1-2H3,(H,18,19). The first-order valence-electron chi connectivity index (χ1n) is 6.49. The van der Waals surface area contributed by atoms with E-state index in [9.17, 15) is 4.79 Å². The third-order valence-corrected chi connectivity index (χ3v) is 3.17. The Bertz CT molecular complexity index is 628. The van der Waals surface area contributed by atoms with Gasteiger partial charge in [0.25, 0.3) is 0 Å². The lowest BCUT2D eigenvalue weighted by Gasteiger charge is -2.17. The van der Waals surface area contributed by atoms with E-state index in [4.69, 9.17) is 10.5 Å². The number of benzene rings is 2. The second-order valence-corrected chi connectivity index (χ2v) is 4.46. The fourth-order valence-electron chi connectivity index (χ4n) is 2.06. The van der Waals surface area contributed by atoms with Crippen molar-refractivity contribution < 1.29 is 14.3 Å². The van der Waals surface area contributed by atoms with Gasteiger partial charge in [-0.2, -0.15) is 0 Å². The molecule has 110 valence electrons. The molecule has 1 atom stereocenters. The number of nitrogens with two attached hydrogens (primary N) is 1. The topological polar surface area (TPSA) is 73.6 Å². The lowest BCUT2D eigenvalue weighted by molar-refractivity contribution is 0.187. The smallest absolute Gasteiger partial charge is 0.411 e. The number of ether oxygens (including phenoxy) is 2. The number of methoxy groups -OCH3 is 2. The highest BCUT2D eigenvalue weighted by Gasteiger charge is 2.15. The molecule has 0 saturated carbocycles. The number of amides is 1. The second-order valence-electron chi connectivity index (χ2n) is 4.46. The highest BCUT2D eigenvalue weighted by molar-refractivity contribution is 5.85. The zero-order valence-corrected chi connectivity index (χ0v) is 12.0. The van der Waals surface area contributed by atoms with Crippen LogP contribution in [0.5, 0.6) is 5.75 Å². The largest absolute Gasteiger partial charge is 0.497 e. The van der Waals surface area contributed by atoms with Crippen LogP contribution in [0.15, 0.2) is 48.5 Å². The normalized spacial score (nSPS) is 11.6. The summed E-state index contributed by atoms with van der Waals surface area (Å²) >= 11 is 0. The van der Waals surface area contributed by atoms with E-state index in [1.165, 1.54) is 7.11 Å². The molecule has 5 nitrogen and oxygen atoms in total. The zero-order valence-electron chi connectivity index (χ0n) is 12.0. The van der Waals surface area contributed by atoms with Crippen molar-refractivity contribution in [2.75, 3.05) is 19.5 Å². The Kier molecular flexibility index (Phi) is 4.79. The van der Waals surface area contributed by atoms with Crippen LogP contribution in [0.25, 0.3) is 0 Å². The lowest BCUT2D eigenvalue weighted by Crippen LogP contribution is -2.17. The number of hydrogen-bond donors (Lipinski definition) is 2. The predicted molar refractivity (Wildman–Crippen MR) is 81.5 cm³/mol. The van der Waals surface area contributed by atoms with Gasteiger partial charge in [0.05, 0.1) is 20.3 Å². The second kappa shape index (κ2) is 6.76. The molecule has 5 heteroatoms. The Balaban J connectivity index is 2.34. The van der Waals surface area contributed by atoms with E-state index in [0.29, 0.717) is 5.69 Å². The number of hydrogen-bond acceptors (Lipinski definition) is 4. The third kappa shape index (κ3) is 3.52. The Labute approximate surface area is 123 Å². The van der Waals surface area contributed by atoms with E-state index in [1.807, 2.05) is 42.5 Å². The molecule has 0 aromatic heterocycles. The van der Waals surface area contributed by atoms with Crippen molar-refractivity contribution in [1.29, 1.82) is 0 Å². The number of anilines is 1. The van der Waals surface area contributed by atoms with Crippen LogP contribution in [-0.4, -0.2) is 20.3 Å². The van der Waals surface area contributed by atoms with Gasteiger partial charge < -0.3 is 15.2 Å². The van der Waals surface area contributed by atoms with E-state index in [1.54, 1.807) is 13.2 Å². The summed E-state index contributed by atoms with van der Waals surface area (Å²) in [5, 5.41) is 2.67. The molecule has 2 aromatic rings. The van der Waals surface area contributed by atoms with Crippen LogP contribution >= 0.6 is 0 Å². The average molecular weight is 286 g/mol. The third-order valence-electron chi connectivity index (χ3n) is 3.17. The minimum absolute atomic E-state index is 0.381. The van der Waals surface area contributed by atoms with Crippen LogP contribution in [0.1, 0.15) is 17.2 Å². The SMILES string of the molecule is COC(=O)Nc1ccccc1C(N)c1cccc(OC)c1. The summed E-state index contributed by atoms with van der Waals surface area (Å²) in [5.41, 5.74) is 8.63. The van der Waals surface area contributed by atoms with E-state index in [2.05, 4.69) is 10.1 Å². The van der Waals surface area contributed by atoms with Crippen LogP contribution in [0.3, 0.4) is 0 Å². The maximum absolute atomic E-state index is 11.4. The van der Waals surface area contributed by atoms with Gasteiger partial charge in [-0.1, -0.05) is 30.3 Å². The maximum Gasteiger partial charge on any atom is 0.411 e. The first-order chi connectivity index (χ1) is 10.2. The number of carbonyl (C=O) groups is 1. The van der Waals surface area contributed by atoms with Gasteiger partial charge >= 0.3 is 6.09 Å². The van der Waals surface area contributed by atoms with Crippen molar-refractivity contribution in [1.82, 2.24) is 0 Å².